The molecule has 32 heavy (non-hydrogen) atoms. The van der Waals surface area contributed by atoms with Gasteiger partial charge in [0.2, 0.25) is 10.0 Å². The molecule has 0 spiro atoms. The van der Waals surface area contributed by atoms with Gasteiger partial charge in [0, 0.05) is 26.7 Å². The maximum absolute atomic E-state index is 12.9. The Morgan fingerprint density at radius 2 is 1.84 bits per heavy atom. The summed E-state index contributed by atoms with van der Waals surface area (Å²) in [6.07, 6.45) is -0.273. The van der Waals surface area contributed by atoms with Crippen molar-refractivity contribution in [2.24, 2.45) is 5.92 Å². The summed E-state index contributed by atoms with van der Waals surface area (Å²) in [7, 11) is -2.08. The van der Waals surface area contributed by atoms with Crippen LogP contribution in [0.4, 0.5) is 0 Å². The minimum Gasteiger partial charge on any atom is -0.452 e. The van der Waals surface area contributed by atoms with Gasteiger partial charge in [0.05, 0.1) is 5.92 Å². The third kappa shape index (κ3) is 5.18. The van der Waals surface area contributed by atoms with Crippen LogP contribution in [0, 0.1) is 19.8 Å². The van der Waals surface area contributed by atoms with Crippen LogP contribution in [0.15, 0.2) is 39.8 Å². The van der Waals surface area contributed by atoms with Crippen molar-refractivity contribution in [2.75, 3.05) is 20.1 Å². The predicted octanol–water partition coefficient (Wildman–Crippen LogP) is 2.28. The summed E-state index contributed by atoms with van der Waals surface area (Å²) in [5, 5.41) is 3.72. The third-order valence-electron chi connectivity index (χ3n) is 5.63. The highest BCUT2D eigenvalue weighted by Gasteiger charge is 2.36. The highest BCUT2D eigenvalue weighted by atomic mass is 32.2. The quantitative estimate of drug-likeness (QED) is 0.579. The Kier molecular flexibility index (Phi) is 7.35. The van der Waals surface area contributed by atoms with E-state index in [9.17, 15) is 18.0 Å². The molecule has 1 saturated heterocycles. The second-order valence-electron chi connectivity index (χ2n) is 8.09. The Morgan fingerprint density at radius 3 is 2.41 bits per heavy atom. The first kappa shape index (κ1) is 23.9. The van der Waals surface area contributed by atoms with Crippen LogP contribution >= 0.6 is 0 Å². The number of hydrogen-bond acceptors (Lipinski definition) is 7. The first-order chi connectivity index (χ1) is 15.1. The molecule has 10 heteroatoms. The molecule has 0 radical (unpaired) electrons. The van der Waals surface area contributed by atoms with Gasteiger partial charge in [-0.15, -0.1) is 0 Å². The van der Waals surface area contributed by atoms with Crippen molar-refractivity contribution in [1.82, 2.24) is 14.4 Å². The van der Waals surface area contributed by atoms with Crippen molar-refractivity contribution < 1.29 is 27.3 Å². The molecule has 3 rings (SSSR count). The number of benzene rings is 1. The van der Waals surface area contributed by atoms with Gasteiger partial charge in [0.1, 0.15) is 10.6 Å². The van der Waals surface area contributed by atoms with E-state index in [4.69, 9.17) is 9.26 Å². The number of likely N-dealkylation sites (N-methyl/N-ethyl adjacent to an activating group) is 1. The maximum Gasteiger partial charge on any atom is 0.309 e. The van der Waals surface area contributed by atoms with Crippen molar-refractivity contribution in [3.63, 3.8) is 0 Å². The van der Waals surface area contributed by atoms with Gasteiger partial charge in [0.15, 0.2) is 11.9 Å². The van der Waals surface area contributed by atoms with E-state index in [1.54, 1.807) is 27.8 Å². The second-order valence-corrected chi connectivity index (χ2v) is 9.97. The monoisotopic (exact) mass is 463 g/mol. The van der Waals surface area contributed by atoms with Crippen LogP contribution < -0.4 is 0 Å². The molecule has 9 nitrogen and oxygen atoms in total. The van der Waals surface area contributed by atoms with Crippen molar-refractivity contribution in [2.45, 2.75) is 51.2 Å². The first-order valence-corrected chi connectivity index (χ1v) is 12.0. The van der Waals surface area contributed by atoms with Crippen molar-refractivity contribution in [3.8, 4) is 0 Å². The fraction of sp³-hybridized carbons (Fsp3) is 0.500. The zero-order valence-electron chi connectivity index (χ0n) is 18.8. The molecule has 0 bridgehead atoms. The third-order valence-corrected chi connectivity index (χ3v) is 7.78. The lowest BCUT2D eigenvalue weighted by atomic mass is 9.98. The van der Waals surface area contributed by atoms with Crippen LogP contribution in [0.5, 0.6) is 0 Å². The molecule has 0 aliphatic carbocycles. The highest BCUT2D eigenvalue weighted by molar-refractivity contribution is 7.89. The Balaban J connectivity index is 1.53. The lowest BCUT2D eigenvalue weighted by molar-refractivity contribution is -0.163. The number of carbonyl (C=O) groups is 2. The number of ether oxygens (including phenoxy) is 1. The summed E-state index contributed by atoms with van der Waals surface area (Å²) < 4.78 is 37.6. The average molecular weight is 464 g/mol. The van der Waals surface area contributed by atoms with Crippen molar-refractivity contribution in [3.05, 3.63) is 47.3 Å². The standard InChI is InChI=1S/C22H29N3O6S/c1-15-20(16(2)31-23-15)32(28,29)25-12-10-19(11-13-25)22(27)30-17(3)21(26)24(4)14-18-8-6-5-7-9-18/h5-9,17,19H,10-14H2,1-4H3. The zero-order valence-corrected chi connectivity index (χ0v) is 19.6. The Labute approximate surface area is 188 Å². The molecule has 0 saturated carbocycles. The average Bonchev–Trinajstić information content (AvgIpc) is 3.12. The van der Waals surface area contributed by atoms with E-state index in [-0.39, 0.29) is 29.7 Å². The summed E-state index contributed by atoms with van der Waals surface area (Å²) in [6, 6.07) is 9.54. The molecule has 1 aromatic carbocycles. The van der Waals surface area contributed by atoms with Crippen LogP contribution in [0.3, 0.4) is 0 Å². The van der Waals surface area contributed by atoms with Crippen LogP contribution in [0.2, 0.25) is 0 Å². The molecule has 1 aliphatic rings. The topological polar surface area (TPSA) is 110 Å². The molecule has 1 aromatic heterocycles. The Morgan fingerprint density at radius 1 is 1.22 bits per heavy atom. The SMILES string of the molecule is Cc1noc(C)c1S(=O)(=O)N1CCC(C(=O)OC(C)C(=O)N(C)Cc2ccccc2)CC1. The molecule has 2 heterocycles. The Bertz CT molecular complexity index is 1040. The first-order valence-electron chi connectivity index (χ1n) is 10.5. The van der Waals surface area contributed by atoms with E-state index in [0.29, 0.717) is 25.1 Å². The number of rotatable bonds is 7. The Hall–Kier alpha value is -2.72. The number of hydrogen-bond donors (Lipinski definition) is 0. The van der Waals surface area contributed by atoms with Crippen LogP contribution in [0.25, 0.3) is 0 Å². The van der Waals surface area contributed by atoms with E-state index >= 15 is 0 Å². The van der Waals surface area contributed by atoms with Gasteiger partial charge < -0.3 is 14.2 Å². The van der Waals surface area contributed by atoms with Gasteiger partial charge in [-0.2, -0.15) is 4.31 Å². The van der Waals surface area contributed by atoms with Gasteiger partial charge in [-0.05, 0) is 39.2 Å². The molecule has 2 aromatic rings. The summed E-state index contributed by atoms with van der Waals surface area (Å²) in [4.78, 5) is 26.8. The number of carbonyl (C=O) groups excluding carboxylic acids is 2. The van der Waals surface area contributed by atoms with Crippen LogP contribution in [0.1, 0.15) is 36.8 Å². The van der Waals surface area contributed by atoms with Gasteiger partial charge >= 0.3 is 5.97 Å². The summed E-state index contributed by atoms with van der Waals surface area (Å²) >= 11 is 0. The zero-order chi connectivity index (χ0) is 23.5. The molecule has 1 unspecified atom stereocenters. The lowest BCUT2D eigenvalue weighted by Crippen LogP contribution is -2.42. The molecule has 1 amide bonds. The summed E-state index contributed by atoms with van der Waals surface area (Å²) in [5.74, 6) is -0.981. The summed E-state index contributed by atoms with van der Waals surface area (Å²) in [5.41, 5.74) is 1.30. The van der Waals surface area contributed by atoms with E-state index in [0.717, 1.165) is 5.56 Å². The number of amides is 1. The van der Waals surface area contributed by atoms with Gasteiger partial charge in [0.25, 0.3) is 5.91 Å². The fourth-order valence-electron chi connectivity index (χ4n) is 3.87. The maximum atomic E-state index is 12.9. The molecule has 0 N–H and O–H groups in total. The van der Waals surface area contributed by atoms with Gasteiger partial charge in [-0.1, -0.05) is 35.5 Å². The normalized spacial score (nSPS) is 16.5. The largest absolute Gasteiger partial charge is 0.452 e. The number of sulfonamides is 1. The smallest absolute Gasteiger partial charge is 0.309 e. The number of aryl methyl sites for hydroxylation is 2. The predicted molar refractivity (Wildman–Crippen MR) is 116 cm³/mol. The highest BCUT2D eigenvalue weighted by Crippen LogP contribution is 2.28. The lowest BCUT2D eigenvalue weighted by Gasteiger charge is -2.30. The molecular formula is C22H29N3O6S. The number of aromatic nitrogens is 1. The van der Waals surface area contributed by atoms with E-state index in [2.05, 4.69) is 5.16 Å². The second kappa shape index (κ2) is 9.83. The van der Waals surface area contributed by atoms with Crippen LogP contribution in [-0.4, -0.2) is 60.9 Å². The van der Waals surface area contributed by atoms with E-state index < -0.39 is 28.0 Å². The van der Waals surface area contributed by atoms with Crippen molar-refractivity contribution in [1.29, 1.82) is 0 Å². The van der Waals surface area contributed by atoms with Crippen molar-refractivity contribution >= 4 is 21.9 Å². The van der Waals surface area contributed by atoms with Gasteiger partial charge in [-0.3, -0.25) is 9.59 Å². The van der Waals surface area contributed by atoms with Gasteiger partial charge in [-0.25, -0.2) is 8.42 Å². The van der Waals surface area contributed by atoms with E-state index in [1.807, 2.05) is 30.3 Å². The molecular weight excluding hydrogens is 434 g/mol. The number of nitrogens with zero attached hydrogens (tertiary/aromatic N) is 3. The number of esters is 1. The van der Waals surface area contributed by atoms with Crippen LogP contribution in [-0.2, 0) is 30.9 Å². The molecule has 1 atom stereocenters. The number of piperidine rings is 1. The van der Waals surface area contributed by atoms with E-state index in [1.165, 1.54) is 9.21 Å². The molecule has 1 aliphatic heterocycles. The minimum absolute atomic E-state index is 0.0826. The summed E-state index contributed by atoms with van der Waals surface area (Å²) in [6.45, 7) is 5.48. The fourth-order valence-corrected chi connectivity index (χ4v) is 5.63. The minimum atomic E-state index is -3.74. The molecule has 174 valence electrons. The molecule has 1 fully saturated rings.